The van der Waals surface area contributed by atoms with E-state index in [-0.39, 0.29) is 34.9 Å². The molecule has 130 valence electrons. The minimum atomic E-state index is -0.309. The van der Waals surface area contributed by atoms with Gasteiger partial charge in [-0.15, -0.1) is 0 Å². The van der Waals surface area contributed by atoms with Crippen molar-refractivity contribution in [2.24, 2.45) is 34.5 Å². The van der Waals surface area contributed by atoms with Crippen LogP contribution in [0.4, 0.5) is 0 Å². The summed E-state index contributed by atoms with van der Waals surface area (Å²) in [6.07, 6.45) is 12.2. The molecule has 0 aromatic heterocycles. The fourth-order valence-electron chi connectivity index (χ4n) is 6.84. The first-order valence-corrected chi connectivity index (χ1v) is 9.48. The van der Waals surface area contributed by atoms with Gasteiger partial charge in [-0.3, -0.25) is 9.59 Å². The highest BCUT2D eigenvalue weighted by molar-refractivity contribution is 6.01. The Balaban J connectivity index is 1.66. The average molecular weight is 328 g/mol. The Bertz CT molecular complexity index is 645. The summed E-state index contributed by atoms with van der Waals surface area (Å²) in [6, 6.07) is 0. The summed E-state index contributed by atoms with van der Waals surface area (Å²) in [7, 11) is 0. The summed E-state index contributed by atoms with van der Waals surface area (Å²) < 4.78 is 0. The van der Waals surface area contributed by atoms with E-state index in [1.54, 1.807) is 6.08 Å². The Morgan fingerprint density at radius 2 is 2.00 bits per heavy atom. The molecule has 0 radical (unpaired) electrons. The zero-order chi connectivity index (χ0) is 17.1. The van der Waals surface area contributed by atoms with Gasteiger partial charge in [0.05, 0.1) is 0 Å². The number of carbonyl (C=O) groups excluding carboxylic acids is 2. The van der Waals surface area contributed by atoms with Crippen LogP contribution in [0.25, 0.3) is 0 Å². The highest BCUT2D eigenvalue weighted by atomic mass is 16.3. The first-order chi connectivity index (χ1) is 11.4. The van der Waals surface area contributed by atoms with Crippen molar-refractivity contribution in [3.63, 3.8) is 0 Å². The van der Waals surface area contributed by atoms with E-state index in [1.165, 1.54) is 5.57 Å². The number of rotatable bonds is 2. The van der Waals surface area contributed by atoms with Gasteiger partial charge in [-0.1, -0.05) is 25.5 Å². The second kappa shape index (κ2) is 5.39. The lowest BCUT2D eigenvalue weighted by Gasteiger charge is -2.56. The first kappa shape index (κ1) is 16.3. The minimum Gasteiger partial charge on any atom is -0.389 e. The molecule has 3 heteroatoms. The second-order valence-corrected chi connectivity index (χ2v) is 8.90. The Labute approximate surface area is 144 Å². The second-order valence-electron chi connectivity index (χ2n) is 8.90. The number of hydrogen-bond donors (Lipinski definition) is 1. The van der Waals surface area contributed by atoms with E-state index in [9.17, 15) is 14.7 Å². The quantitative estimate of drug-likeness (QED) is 0.844. The van der Waals surface area contributed by atoms with E-state index in [0.717, 1.165) is 38.5 Å². The highest BCUT2D eigenvalue weighted by Crippen LogP contribution is 2.65. The van der Waals surface area contributed by atoms with Crippen molar-refractivity contribution >= 4 is 11.6 Å². The van der Waals surface area contributed by atoms with Crippen molar-refractivity contribution in [1.82, 2.24) is 0 Å². The summed E-state index contributed by atoms with van der Waals surface area (Å²) in [5.41, 5.74) is 1.41. The molecule has 0 spiro atoms. The van der Waals surface area contributed by atoms with E-state index in [2.05, 4.69) is 19.9 Å². The zero-order valence-corrected chi connectivity index (χ0v) is 14.8. The van der Waals surface area contributed by atoms with Gasteiger partial charge in [-0.2, -0.15) is 0 Å². The van der Waals surface area contributed by atoms with Crippen LogP contribution >= 0.6 is 0 Å². The molecule has 4 aliphatic rings. The fourth-order valence-corrected chi connectivity index (χ4v) is 6.84. The lowest BCUT2D eigenvalue weighted by Crippen LogP contribution is -2.50. The summed E-state index contributed by atoms with van der Waals surface area (Å²) in [5.74, 6) is 2.03. The van der Waals surface area contributed by atoms with Gasteiger partial charge in [-0.25, -0.2) is 0 Å². The van der Waals surface area contributed by atoms with E-state index in [1.807, 2.05) is 6.08 Å². The van der Waals surface area contributed by atoms with Crippen molar-refractivity contribution in [2.75, 3.05) is 6.61 Å². The summed E-state index contributed by atoms with van der Waals surface area (Å²) >= 11 is 0. The number of fused-ring (bicyclic) bond motifs is 5. The van der Waals surface area contributed by atoms with Gasteiger partial charge in [0.15, 0.2) is 11.6 Å². The molecule has 0 aromatic rings. The Morgan fingerprint density at radius 3 is 2.75 bits per heavy atom. The van der Waals surface area contributed by atoms with Gasteiger partial charge in [0.25, 0.3) is 0 Å². The molecular formula is C21H28O3. The third-order valence-corrected chi connectivity index (χ3v) is 8.10. The molecule has 0 unspecified atom stereocenters. The number of allylic oxidation sites excluding steroid dienone is 4. The van der Waals surface area contributed by atoms with Crippen LogP contribution in [0, 0.1) is 34.5 Å². The van der Waals surface area contributed by atoms with Crippen LogP contribution < -0.4 is 0 Å². The lowest BCUT2D eigenvalue weighted by molar-refractivity contribution is -0.132. The maximum Gasteiger partial charge on any atom is 0.178 e. The fraction of sp³-hybridized carbons (Fsp3) is 0.714. The molecule has 0 aromatic carbocycles. The van der Waals surface area contributed by atoms with E-state index < -0.39 is 0 Å². The molecular weight excluding hydrogens is 300 g/mol. The number of ketones is 2. The van der Waals surface area contributed by atoms with Crippen LogP contribution in [0.5, 0.6) is 0 Å². The monoisotopic (exact) mass is 328 g/mol. The van der Waals surface area contributed by atoms with E-state index >= 15 is 0 Å². The third-order valence-electron chi connectivity index (χ3n) is 8.10. The largest absolute Gasteiger partial charge is 0.389 e. The molecule has 0 aliphatic heterocycles. The Morgan fingerprint density at radius 1 is 1.21 bits per heavy atom. The van der Waals surface area contributed by atoms with Crippen molar-refractivity contribution < 1.29 is 14.7 Å². The molecule has 3 fully saturated rings. The molecule has 24 heavy (non-hydrogen) atoms. The minimum absolute atomic E-state index is 0.0250. The van der Waals surface area contributed by atoms with Gasteiger partial charge in [0.2, 0.25) is 0 Å². The van der Waals surface area contributed by atoms with Crippen molar-refractivity contribution in [1.29, 1.82) is 0 Å². The topological polar surface area (TPSA) is 54.4 Å². The van der Waals surface area contributed by atoms with Crippen LogP contribution in [0.2, 0.25) is 0 Å². The standard InChI is InChI=1S/C21H28O3/c1-20-9-7-14(23)11-13(20)3-4-15-16-5-6-18(19(24)12-22)21(16,2)10-8-17(15)20/h7,9,11,15-18,22H,3-6,8,10,12H2,1-2H3/t15-,16-,17-,18+,20-,21-/m1/s1. The maximum absolute atomic E-state index is 12.3. The summed E-state index contributed by atoms with van der Waals surface area (Å²) in [6.45, 7) is 4.30. The van der Waals surface area contributed by atoms with Gasteiger partial charge in [0.1, 0.15) is 6.61 Å². The number of Topliss-reactive ketones (excluding diaryl/α,β-unsaturated/α-hetero) is 1. The van der Waals surface area contributed by atoms with Crippen LogP contribution in [0.3, 0.4) is 0 Å². The zero-order valence-electron chi connectivity index (χ0n) is 14.8. The molecule has 6 atom stereocenters. The smallest absolute Gasteiger partial charge is 0.178 e. The van der Waals surface area contributed by atoms with Crippen LogP contribution in [-0.4, -0.2) is 23.3 Å². The normalized spacial score (nSPS) is 46.8. The third kappa shape index (κ3) is 2.06. The van der Waals surface area contributed by atoms with Gasteiger partial charge < -0.3 is 5.11 Å². The highest BCUT2D eigenvalue weighted by Gasteiger charge is 2.59. The molecule has 3 nitrogen and oxygen atoms in total. The van der Waals surface area contributed by atoms with Crippen LogP contribution in [-0.2, 0) is 9.59 Å². The average Bonchev–Trinajstić information content (AvgIpc) is 2.92. The van der Waals surface area contributed by atoms with Gasteiger partial charge in [-0.05, 0) is 73.8 Å². The van der Waals surface area contributed by atoms with Gasteiger partial charge in [0, 0.05) is 11.3 Å². The molecule has 0 saturated heterocycles. The lowest BCUT2D eigenvalue weighted by atomic mass is 9.47. The van der Waals surface area contributed by atoms with Crippen LogP contribution in [0.15, 0.2) is 23.8 Å². The van der Waals surface area contributed by atoms with E-state index in [0.29, 0.717) is 17.8 Å². The van der Waals surface area contributed by atoms with Gasteiger partial charge >= 0.3 is 0 Å². The predicted molar refractivity (Wildman–Crippen MR) is 92.2 cm³/mol. The molecule has 3 saturated carbocycles. The summed E-state index contributed by atoms with van der Waals surface area (Å²) in [5, 5.41) is 9.35. The van der Waals surface area contributed by atoms with E-state index in [4.69, 9.17) is 0 Å². The molecule has 0 heterocycles. The van der Waals surface area contributed by atoms with Crippen molar-refractivity contribution in [3.8, 4) is 0 Å². The number of carbonyl (C=O) groups is 2. The van der Waals surface area contributed by atoms with Crippen molar-refractivity contribution in [3.05, 3.63) is 23.8 Å². The molecule has 1 N–H and O–H groups in total. The molecule has 4 aliphatic carbocycles. The van der Waals surface area contributed by atoms with Crippen LogP contribution in [0.1, 0.15) is 52.4 Å². The first-order valence-electron chi connectivity index (χ1n) is 9.48. The molecule has 4 rings (SSSR count). The molecule has 0 bridgehead atoms. The number of hydrogen-bond acceptors (Lipinski definition) is 3. The molecule has 0 amide bonds. The van der Waals surface area contributed by atoms with Crippen molar-refractivity contribution in [2.45, 2.75) is 52.4 Å². The number of aliphatic hydroxyl groups excluding tert-OH is 1. The Hall–Kier alpha value is -1.22. The SMILES string of the molecule is C[C@@]12CC[C@@H]3[C@H](CCC4=CC(=O)C=C[C@]43C)[C@H]1CC[C@H]2C(=O)CO. The maximum atomic E-state index is 12.3. The summed E-state index contributed by atoms with van der Waals surface area (Å²) in [4.78, 5) is 24.0. The Kier molecular flexibility index (Phi) is 3.65. The number of aliphatic hydroxyl groups is 1. The predicted octanol–water partition coefficient (Wildman–Crippen LogP) is 3.47.